The Morgan fingerprint density at radius 2 is 2.20 bits per heavy atom. The van der Waals surface area contributed by atoms with Gasteiger partial charge in [-0.15, -0.1) is 0 Å². The molecule has 2 N–H and O–H groups in total. The summed E-state index contributed by atoms with van der Waals surface area (Å²) in [5.41, 5.74) is -1.45. The van der Waals surface area contributed by atoms with E-state index in [1.165, 1.54) is 6.07 Å². The SMILES string of the molecule is O=C(O)Cc1cc(I)c(C(F)F)c(=O)[nH]1. The lowest BCUT2D eigenvalue weighted by molar-refractivity contribution is -0.136. The lowest BCUT2D eigenvalue weighted by Gasteiger charge is -2.04. The lowest BCUT2D eigenvalue weighted by Crippen LogP contribution is -2.18. The minimum Gasteiger partial charge on any atom is -0.481 e. The fourth-order valence-electron chi connectivity index (χ4n) is 1.05. The minimum absolute atomic E-state index is 0.0719. The van der Waals surface area contributed by atoms with Gasteiger partial charge >= 0.3 is 5.97 Å². The number of carboxylic acid groups (broad SMARTS) is 1. The van der Waals surface area contributed by atoms with E-state index >= 15 is 0 Å². The van der Waals surface area contributed by atoms with Gasteiger partial charge in [-0.05, 0) is 28.7 Å². The number of hydrogen-bond acceptors (Lipinski definition) is 2. The van der Waals surface area contributed by atoms with Gasteiger partial charge in [-0.2, -0.15) is 0 Å². The number of aromatic nitrogens is 1. The highest BCUT2D eigenvalue weighted by atomic mass is 127. The fourth-order valence-corrected chi connectivity index (χ4v) is 1.91. The minimum atomic E-state index is -2.86. The van der Waals surface area contributed by atoms with E-state index in [-0.39, 0.29) is 9.26 Å². The third kappa shape index (κ3) is 2.98. The molecule has 0 aliphatic carbocycles. The summed E-state index contributed by atoms with van der Waals surface area (Å²) >= 11 is 1.58. The summed E-state index contributed by atoms with van der Waals surface area (Å²) in [6.45, 7) is 0. The number of nitrogens with one attached hydrogen (secondary N) is 1. The Labute approximate surface area is 96.5 Å². The van der Waals surface area contributed by atoms with Crippen molar-refractivity contribution in [2.75, 3.05) is 0 Å². The topological polar surface area (TPSA) is 70.2 Å². The maximum atomic E-state index is 12.3. The van der Waals surface area contributed by atoms with Crippen molar-refractivity contribution in [3.05, 3.63) is 31.2 Å². The number of hydrogen-bond donors (Lipinski definition) is 2. The summed E-state index contributed by atoms with van der Waals surface area (Å²) in [6, 6.07) is 1.23. The van der Waals surface area contributed by atoms with Gasteiger partial charge in [0.2, 0.25) is 0 Å². The third-order valence-electron chi connectivity index (χ3n) is 1.64. The summed E-state index contributed by atoms with van der Waals surface area (Å²) in [5.74, 6) is -1.13. The first-order chi connectivity index (χ1) is 6.91. The number of alkyl halides is 2. The molecule has 0 saturated heterocycles. The molecule has 7 heteroatoms. The molecule has 0 fully saturated rings. The standard InChI is InChI=1S/C8H6F2INO3/c9-7(10)6-4(11)1-3(2-5(13)14)12-8(6)15/h1,7H,2H2,(H,12,15)(H,13,14). The van der Waals surface area contributed by atoms with Crippen LogP contribution in [-0.2, 0) is 11.2 Å². The summed E-state index contributed by atoms with van der Waals surface area (Å²) in [5, 5.41) is 8.45. The molecule has 0 saturated carbocycles. The molecule has 0 atom stereocenters. The van der Waals surface area contributed by atoms with E-state index in [9.17, 15) is 18.4 Å². The molecule has 1 aromatic heterocycles. The normalized spacial score (nSPS) is 10.7. The van der Waals surface area contributed by atoms with Crippen molar-refractivity contribution < 1.29 is 18.7 Å². The zero-order valence-electron chi connectivity index (χ0n) is 7.26. The number of aromatic amines is 1. The van der Waals surface area contributed by atoms with Crippen LogP contribution in [0.2, 0.25) is 0 Å². The van der Waals surface area contributed by atoms with E-state index in [0.29, 0.717) is 0 Å². The second kappa shape index (κ2) is 4.69. The molecule has 0 spiro atoms. The van der Waals surface area contributed by atoms with E-state index in [4.69, 9.17) is 5.11 Å². The number of aliphatic carboxylic acids is 1. The average molecular weight is 329 g/mol. The summed E-state index contributed by atoms with van der Waals surface area (Å²) in [4.78, 5) is 23.6. The fraction of sp³-hybridized carbons (Fsp3) is 0.250. The molecular weight excluding hydrogens is 323 g/mol. The Balaban J connectivity index is 3.20. The molecule has 4 nitrogen and oxygen atoms in total. The molecule has 0 aliphatic heterocycles. The molecule has 0 aliphatic rings. The van der Waals surface area contributed by atoms with Crippen molar-refractivity contribution in [3.8, 4) is 0 Å². The Morgan fingerprint density at radius 1 is 1.60 bits per heavy atom. The molecular formula is C8H6F2INO3. The van der Waals surface area contributed by atoms with Crippen LogP contribution in [-0.4, -0.2) is 16.1 Å². The average Bonchev–Trinajstić information content (AvgIpc) is 1.99. The first-order valence-electron chi connectivity index (χ1n) is 3.83. The zero-order chi connectivity index (χ0) is 11.6. The summed E-state index contributed by atoms with van der Waals surface area (Å²) in [7, 11) is 0. The molecule has 15 heavy (non-hydrogen) atoms. The lowest BCUT2D eigenvalue weighted by atomic mass is 10.2. The zero-order valence-corrected chi connectivity index (χ0v) is 9.42. The van der Waals surface area contributed by atoms with E-state index in [2.05, 4.69) is 4.98 Å². The van der Waals surface area contributed by atoms with Crippen molar-refractivity contribution in [2.24, 2.45) is 0 Å². The number of rotatable bonds is 3. The van der Waals surface area contributed by atoms with Gasteiger partial charge in [0.25, 0.3) is 12.0 Å². The highest BCUT2D eigenvalue weighted by Gasteiger charge is 2.17. The van der Waals surface area contributed by atoms with Gasteiger partial charge in [-0.1, -0.05) is 0 Å². The molecule has 0 radical (unpaired) electrons. The van der Waals surface area contributed by atoms with Gasteiger partial charge < -0.3 is 10.1 Å². The van der Waals surface area contributed by atoms with Crippen molar-refractivity contribution in [1.29, 1.82) is 0 Å². The highest BCUT2D eigenvalue weighted by Crippen LogP contribution is 2.20. The number of carboxylic acids is 1. The predicted octanol–water partition coefficient (Wildman–Crippen LogP) is 1.54. The monoisotopic (exact) mass is 329 g/mol. The molecule has 82 valence electrons. The molecule has 0 amide bonds. The second-order valence-corrected chi connectivity index (χ2v) is 3.92. The van der Waals surface area contributed by atoms with E-state index in [0.717, 1.165) is 0 Å². The quantitative estimate of drug-likeness (QED) is 0.827. The molecule has 1 rings (SSSR count). The van der Waals surface area contributed by atoms with Gasteiger partial charge in [0.15, 0.2) is 0 Å². The van der Waals surface area contributed by atoms with Crippen LogP contribution in [0, 0.1) is 3.57 Å². The van der Waals surface area contributed by atoms with Crippen LogP contribution in [0.1, 0.15) is 17.7 Å². The number of carbonyl (C=O) groups is 1. The molecule has 0 bridgehead atoms. The van der Waals surface area contributed by atoms with Gasteiger partial charge in [0, 0.05) is 9.26 Å². The van der Waals surface area contributed by atoms with Crippen LogP contribution >= 0.6 is 22.6 Å². The molecule has 1 aromatic rings. The molecule has 1 heterocycles. The van der Waals surface area contributed by atoms with Crippen LogP contribution in [0.15, 0.2) is 10.9 Å². The molecule has 0 unspecified atom stereocenters. The van der Waals surface area contributed by atoms with Crippen LogP contribution in [0.5, 0.6) is 0 Å². The van der Waals surface area contributed by atoms with Gasteiger partial charge in [-0.3, -0.25) is 9.59 Å². The number of pyridine rings is 1. The summed E-state index contributed by atoms with van der Waals surface area (Å²) < 4.78 is 24.8. The highest BCUT2D eigenvalue weighted by molar-refractivity contribution is 14.1. The Morgan fingerprint density at radius 3 is 2.60 bits per heavy atom. The van der Waals surface area contributed by atoms with E-state index in [1.807, 2.05) is 0 Å². The maximum Gasteiger partial charge on any atom is 0.309 e. The van der Waals surface area contributed by atoms with Crippen molar-refractivity contribution in [2.45, 2.75) is 12.8 Å². The second-order valence-electron chi connectivity index (χ2n) is 2.76. The number of H-pyrrole nitrogens is 1. The van der Waals surface area contributed by atoms with E-state index in [1.54, 1.807) is 22.6 Å². The van der Waals surface area contributed by atoms with Crippen molar-refractivity contribution in [1.82, 2.24) is 4.98 Å². The van der Waals surface area contributed by atoms with Crippen molar-refractivity contribution in [3.63, 3.8) is 0 Å². The Kier molecular flexibility index (Phi) is 3.77. The van der Waals surface area contributed by atoms with Crippen LogP contribution < -0.4 is 5.56 Å². The Bertz CT molecular complexity index is 444. The predicted molar refractivity (Wildman–Crippen MR) is 56.1 cm³/mol. The first-order valence-corrected chi connectivity index (χ1v) is 4.91. The third-order valence-corrected chi connectivity index (χ3v) is 2.53. The van der Waals surface area contributed by atoms with Gasteiger partial charge in [0.05, 0.1) is 12.0 Å². The van der Waals surface area contributed by atoms with E-state index < -0.39 is 29.9 Å². The van der Waals surface area contributed by atoms with Crippen LogP contribution in [0.3, 0.4) is 0 Å². The first kappa shape index (κ1) is 12.1. The van der Waals surface area contributed by atoms with Gasteiger partial charge in [-0.25, -0.2) is 8.78 Å². The summed E-state index contributed by atoms with van der Waals surface area (Å²) in [6.07, 6.45) is -3.26. The smallest absolute Gasteiger partial charge is 0.309 e. The van der Waals surface area contributed by atoms with Crippen LogP contribution in [0.25, 0.3) is 0 Å². The largest absolute Gasteiger partial charge is 0.481 e. The molecule has 0 aromatic carbocycles. The number of halogens is 3. The Hall–Kier alpha value is -0.990. The maximum absolute atomic E-state index is 12.3. The van der Waals surface area contributed by atoms with Gasteiger partial charge in [0.1, 0.15) is 0 Å². The van der Waals surface area contributed by atoms with Crippen molar-refractivity contribution >= 4 is 28.6 Å². The van der Waals surface area contributed by atoms with Crippen LogP contribution in [0.4, 0.5) is 8.78 Å².